The summed E-state index contributed by atoms with van der Waals surface area (Å²) in [6.07, 6.45) is 2.87. The fraction of sp³-hybridized carbons (Fsp3) is 0.192. The number of hydrogen-bond donors (Lipinski definition) is 2. The van der Waals surface area contributed by atoms with Crippen LogP contribution in [-0.4, -0.2) is 16.1 Å². The van der Waals surface area contributed by atoms with Gasteiger partial charge in [-0.1, -0.05) is 78.9 Å². The van der Waals surface area contributed by atoms with Crippen LogP contribution in [0.15, 0.2) is 89.7 Å². The van der Waals surface area contributed by atoms with Gasteiger partial charge >= 0.3 is 0 Å². The summed E-state index contributed by atoms with van der Waals surface area (Å²) >= 11 is 0. The highest BCUT2D eigenvalue weighted by Crippen LogP contribution is 2.21. The molecule has 1 heterocycles. The Labute approximate surface area is 181 Å². The standard InChI is InChI=1S/C26H25N3O2/c30-25(18-24-21-15-7-8-16-22(21)26(31)29-28-24)27-23(20-13-5-2-6-14-20)17-9-12-19-10-3-1-4-11-19/h1-8,10-11,13-16,23H,9,12,17-18H2,(H,27,30)(H,29,31). The number of fused-ring (bicyclic) bond motifs is 1. The number of carbonyl (C=O) groups excluding carboxylic acids is 1. The third-order valence-electron chi connectivity index (χ3n) is 5.44. The topological polar surface area (TPSA) is 74.8 Å². The quantitative estimate of drug-likeness (QED) is 0.453. The highest BCUT2D eigenvalue weighted by Gasteiger charge is 2.17. The number of hydrogen-bond acceptors (Lipinski definition) is 3. The van der Waals surface area contributed by atoms with E-state index in [1.165, 1.54) is 5.56 Å². The molecule has 5 heteroatoms. The monoisotopic (exact) mass is 411 g/mol. The van der Waals surface area contributed by atoms with Crippen LogP contribution >= 0.6 is 0 Å². The van der Waals surface area contributed by atoms with E-state index in [9.17, 15) is 9.59 Å². The van der Waals surface area contributed by atoms with Crippen LogP contribution in [0.4, 0.5) is 0 Å². The van der Waals surface area contributed by atoms with Crippen LogP contribution in [-0.2, 0) is 17.6 Å². The molecule has 3 aromatic carbocycles. The van der Waals surface area contributed by atoms with Gasteiger partial charge in [0.05, 0.1) is 23.5 Å². The van der Waals surface area contributed by atoms with E-state index in [-0.39, 0.29) is 23.9 Å². The SMILES string of the molecule is O=C(Cc1n[nH]c(=O)c2ccccc12)NC(CCCc1ccccc1)c1ccccc1. The van der Waals surface area contributed by atoms with Gasteiger partial charge in [-0.05, 0) is 36.5 Å². The molecule has 31 heavy (non-hydrogen) atoms. The van der Waals surface area contributed by atoms with Crippen molar-refractivity contribution < 1.29 is 4.79 Å². The van der Waals surface area contributed by atoms with Crippen LogP contribution in [0.1, 0.15) is 35.7 Å². The van der Waals surface area contributed by atoms with Crippen molar-refractivity contribution in [3.8, 4) is 0 Å². The van der Waals surface area contributed by atoms with Crippen LogP contribution in [0.5, 0.6) is 0 Å². The van der Waals surface area contributed by atoms with Gasteiger partial charge in [0.15, 0.2) is 0 Å². The Morgan fingerprint density at radius 1 is 0.871 bits per heavy atom. The second kappa shape index (κ2) is 9.85. The van der Waals surface area contributed by atoms with Crippen LogP contribution in [0.2, 0.25) is 0 Å². The Hall–Kier alpha value is -3.73. The molecule has 0 radical (unpaired) electrons. The van der Waals surface area contributed by atoms with E-state index in [1.807, 2.05) is 60.7 Å². The molecule has 1 unspecified atom stereocenters. The van der Waals surface area contributed by atoms with Crippen LogP contribution in [0, 0.1) is 0 Å². The van der Waals surface area contributed by atoms with Gasteiger partial charge < -0.3 is 5.32 Å². The van der Waals surface area contributed by atoms with Crippen molar-refractivity contribution in [3.05, 3.63) is 112 Å². The first-order valence-corrected chi connectivity index (χ1v) is 10.6. The van der Waals surface area contributed by atoms with Gasteiger partial charge in [-0.15, -0.1) is 0 Å². The van der Waals surface area contributed by atoms with Crippen molar-refractivity contribution in [2.45, 2.75) is 31.7 Å². The second-order valence-corrected chi connectivity index (χ2v) is 7.63. The summed E-state index contributed by atoms with van der Waals surface area (Å²) in [5.74, 6) is -0.113. The lowest BCUT2D eigenvalue weighted by Crippen LogP contribution is -2.30. The smallest absolute Gasteiger partial charge is 0.272 e. The molecule has 0 aliphatic carbocycles. The van der Waals surface area contributed by atoms with E-state index in [4.69, 9.17) is 0 Å². The van der Waals surface area contributed by atoms with Crippen molar-refractivity contribution >= 4 is 16.7 Å². The number of amides is 1. The summed E-state index contributed by atoms with van der Waals surface area (Å²) in [7, 11) is 0. The summed E-state index contributed by atoms with van der Waals surface area (Å²) in [5.41, 5.74) is 2.71. The molecular formula is C26H25N3O2. The van der Waals surface area contributed by atoms with Crippen molar-refractivity contribution in [2.75, 3.05) is 0 Å². The fourth-order valence-corrected chi connectivity index (χ4v) is 3.87. The molecule has 156 valence electrons. The van der Waals surface area contributed by atoms with Crippen molar-refractivity contribution in [3.63, 3.8) is 0 Å². The lowest BCUT2D eigenvalue weighted by molar-refractivity contribution is -0.121. The third kappa shape index (κ3) is 5.25. The minimum absolute atomic E-state index is 0.0774. The van der Waals surface area contributed by atoms with E-state index in [0.29, 0.717) is 16.5 Å². The van der Waals surface area contributed by atoms with Gasteiger partial charge in [0.1, 0.15) is 0 Å². The predicted molar refractivity (Wildman–Crippen MR) is 123 cm³/mol. The average Bonchev–Trinajstić information content (AvgIpc) is 2.82. The Kier molecular flexibility index (Phi) is 6.53. The van der Waals surface area contributed by atoms with Crippen molar-refractivity contribution in [2.24, 2.45) is 0 Å². The largest absolute Gasteiger partial charge is 0.349 e. The summed E-state index contributed by atoms with van der Waals surface area (Å²) in [6.45, 7) is 0. The van der Waals surface area contributed by atoms with Crippen molar-refractivity contribution in [1.82, 2.24) is 15.5 Å². The first-order chi connectivity index (χ1) is 15.2. The zero-order chi connectivity index (χ0) is 21.5. The number of H-pyrrole nitrogens is 1. The summed E-state index contributed by atoms with van der Waals surface area (Å²) in [6, 6.07) is 27.6. The molecule has 4 rings (SSSR count). The number of benzene rings is 3. The number of rotatable bonds is 8. The molecule has 0 fully saturated rings. The molecule has 4 aromatic rings. The Morgan fingerprint density at radius 2 is 1.52 bits per heavy atom. The minimum atomic E-state index is -0.247. The third-order valence-corrected chi connectivity index (χ3v) is 5.44. The number of aryl methyl sites for hydroxylation is 1. The first-order valence-electron chi connectivity index (χ1n) is 10.6. The summed E-state index contributed by atoms with van der Waals surface area (Å²) in [5, 5.41) is 11.1. The van der Waals surface area contributed by atoms with Crippen LogP contribution in [0.3, 0.4) is 0 Å². The highest BCUT2D eigenvalue weighted by molar-refractivity contribution is 5.88. The molecule has 0 saturated heterocycles. The zero-order valence-electron chi connectivity index (χ0n) is 17.3. The molecule has 1 atom stereocenters. The van der Waals surface area contributed by atoms with Gasteiger partial charge in [-0.25, -0.2) is 5.10 Å². The summed E-state index contributed by atoms with van der Waals surface area (Å²) < 4.78 is 0. The molecule has 0 aliphatic heterocycles. The molecule has 2 N–H and O–H groups in total. The van der Waals surface area contributed by atoms with E-state index >= 15 is 0 Å². The van der Waals surface area contributed by atoms with Gasteiger partial charge in [-0.2, -0.15) is 5.10 Å². The lowest BCUT2D eigenvalue weighted by atomic mass is 9.98. The molecule has 0 spiro atoms. The highest BCUT2D eigenvalue weighted by atomic mass is 16.1. The van der Waals surface area contributed by atoms with Gasteiger partial charge in [0, 0.05) is 5.39 Å². The van der Waals surface area contributed by atoms with Gasteiger partial charge in [0.25, 0.3) is 5.56 Å². The number of aromatic amines is 1. The van der Waals surface area contributed by atoms with E-state index in [0.717, 1.165) is 24.8 Å². The van der Waals surface area contributed by atoms with Crippen LogP contribution in [0.25, 0.3) is 10.8 Å². The normalized spacial score (nSPS) is 11.9. The van der Waals surface area contributed by atoms with Crippen LogP contribution < -0.4 is 10.9 Å². The van der Waals surface area contributed by atoms with Gasteiger partial charge in [0.2, 0.25) is 5.91 Å². The maximum absolute atomic E-state index is 12.9. The van der Waals surface area contributed by atoms with Crippen molar-refractivity contribution in [1.29, 1.82) is 0 Å². The number of aromatic nitrogens is 2. The van der Waals surface area contributed by atoms with E-state index in [2.05, 4.69) is 27.6 Å². The Balaban J connectivity index is 1.47. The molecule has 1 amide bonds. The average molecular weight is 412 g/mol. The number of nitrogens with zero attached hydrogens (tertiary/aromatic N) is 1. The second-order valence-electron chi connectivity index (χ2n) is 7.63. The predicted octanol–water partition coefficient (Wildman–Crippen LogP) is 4.35. The molecule has 0 saturated carbocycles. The van der Waals surface area contributed by atoms with E-state index < -0.39 is 0 Å². The zero-order valence-corrected chi connectivity index (χ0v) is 17.3. The maximum Gasteiger partial charge on any atom is 0.272 e. The Bertz CT molecular complexity index is 1200. The number of carbonyl (C=O) groups is 1. The minimum Gasteiger partial charge on any atom is -0.349 e. The summed E-state index contributed by atoms with van der Waals surface area (Å²) in [4.78, 5) is 24.9. The lowest BCUT2D eigenvalue weighted by Gasteiger charge is -2.19. The molecule has 5 nitrogen and oxygen atoms in total. The molecule has 1 aromatic heterocycles. The first kappa shape index (κ1) is 20.5. The molecular weight excluding hydrogens is 386 g/mol. The molecule has 0 aliphatic rings. The maximum atomic E-state index is 12.9. The number of nitrogens with one attached hydrogen (secondary N) is 2. The van der Waals surface area contributed by atoms with E-state index in [1.54, 1.807) is 12.1 Å². The Morgan fingerprint density at radius 3 is 2.26 bits per heavy atom. The fourth-order valence-electron chi connectivity index (χ4n) is 3.87. The molecule has 0 bridgehead atoms. The van der Waals surface area contributed by atoms with Gasteiger partial charge in [-0.3, -0.25) is 9.59 Å².